The van der Waals surface area contributed by atoms with E-state index in [1.807, 2.05) is 42.5 Å². The molecule has 0 aliphatic carbocycles. The highest BCUT2D eigenvalue weighted by molar-refractivity contribution is 7.91. The van der Waals surface area contributed by atoms with Crippen LogP contribution in [0.4, 0.5) is 22.0 Å². The molecule has 3 rings (SSSR count). The van der Waals surface area contributed by atoms with Gasteiger partial charge in [-0.25, -0.2) is 0 Å². The number of allylic oxidation sites excluding steroid dienone is 1. The molecule has 0 amide bonds. The Morgan fingerprint density at radius 1 is 0.723 bits per heavy atom. The van der Waals surface area contributed by atoms with E-state index < -0.39 is 36.1 Å². The van der Waals surface area contributed by atoms with Gasteiger partial charge < -0.3 is 19.7 Å². The molecule has 0 aromatic heterocycles. The van der Waals surface area contributed by atoms with Crippen LogP contribution in [0, 0.1) is 0 Å². The van der Waals surface area contributed by atoms with Gasteiger partial charge in [0.05, 0.1) is 0 Å². The number of hydrogen-bond donors (Lipinski definition) is 2. The number of unbranched alkanes of at least 4 members (excludes halogenated alkanes) is 5. The summed E-state index contributed by atoms with van der Waals surface area (Å²) in [6.07, 6.45) is -0.816. The van der Waals surface area contributed by atoms with E-state index in [2.05, 4.69) is 36.5 Å². The van der Waals surface area contributed by atoms with Crippen LogP contribution in [0.3, 0.4) is 0 Å². The fourth-order valence-electron chi connectivity index (χ4n) is 5.31. The number of aromatic hydroxyl groups is 1. The SMILES string of the molecule is CC/C(=C(/c1ccc(O)cc1)c1ccc(OCCNCCCCCCCC[S+]([O-])CCCC(F)(F)C(F)(F)F)cc1)c1ccccc1. The van der Waals surface area contributed by atoms with Gasteiger partial charge in [-0.1, -0.05) is 92.0 Å². The van der Waals surface area contributed by atoms with Crippen LogP contribution in [0.15, 0.2) is 78.9 Å². The molecule has 2 N–H and O–H groups in total. The fourth-order valence-corrected chi connectivity index (χ4v) is 6.51. The molecule has 0 aliphatic heterocycles. The molecule has 258 valence electrons. The van der Waals surface area contributed by atoms with Gasteiger partial charge in [0.25, 0.3) is 0 Å². The van der Waals surface area contributed by atoms with E-state index in [-0.39, 0.29) is 11.5 Å². The summed E-state index contributed by atoms with van der Waals surface area (Å²) in [5.41, 5.74) is 5.61. The lowest BCUT2D eigenvalue weighted by atomic mass is 9.88. The number of nitrogens with one attached hydrogen (secondary N) is 1. The van der Waals surface area contributed by atoms with Crippen molar-refractivity contribution in [2.75, 3.05) is 31.2 Å². The zero-order valence-electron chi connectivity index (χ0n) is 27.0. The Kier molecular flexibility index (Phi) is 16.1. The molecule has 0 fully saturated rings. The molecule has 4 nitrogen and oxygen atoms in total. The summed E-state index contributed by atoms with van der Waals surface area (Å²) in [7, 11) is 0. The first kappa shape index (κ1) is 38.4. The van der Waals surface area contributed by atoms with Gasteiger partial charge in [0.2, 0.25) is 0 Å². The fraction of sp³-hybridized carbons (Fsp3) is 0.459. The third kappa shape index (κ3) is 13.2. The second kappa shape index (κ2) is 19.7. The zero-order valence-corrected chi connectivity index (χ0v) is 27.8. The molecule has 0 saturated heterocycles. The van der Waals surface area contributed by atoms with E-state index in [1.54, 1.807) is 12.1 Å². The molecule has 0 aliphatic rings. The predicted molar refractivity (Wildman–Crippen MR) is 181 cm³/mol. The van der Waals surface area contributed by atoms with E-state index >= 15 is 0 Å². The van der Waals surface area contributed by atoms with Crippen molar-refractivity contribution in [1.29, 1.82) is 0 Å². The largest absolute Gasteiger partial charge is 0.616 e. The van der Waals surface area contributed by atoms with Crippen molar-refractivity contribution in [1.82, 2.24) is 5.32 Å². The Hall–Kier alpha value is -3.08. The third-order valence-electron chi connectivity index (χ3n) is 7.88. The van der Waals surface area contributed by atoms with E-state index in [1.165, 1.54) is 5.57 Å². The molecule has 10 heteroatoms. The second-order valence-electron chi connectivity index (χ2n) is 11.5. The standard InChI is InChI=1S/C37H46F5NO3S/c1-2-34(29-13-8-7-9-14-29)35(30-15-19-32(44)20-16-30)31-17-21-33(22-18-31)46-26-25-43-24-10-5-3-4-6-11-27-47(45)28-12-23-36(38,39)37(40,41)42/h7-9,13-22,43-44H,2-6,10-12,23-28H2,1H3/b35-34+. The first-order valence-corrected chi connectivity index (χ1v) is 17.8. The predicted octanol–water partition coefficient (Wildman–Crippen LogP) is 9.80. The minimum absolute atomic E-state index is 0.125. The van der Waals surface area contributed by atoms with Gasteiger partial charge in [-0.2, -0.15) is 22.0 Å². The molecular formula is C37H46F5NO3S. The van der Waals surface area contributed by atoms with Crippen LogP contribution < -0.4 is 10.1 Å². The van der Waals surface area contributed by atoms with Crippen molar-refractivity contribution in [2.45, 2.75) is 76.8 Å². The summed E-state index contributed by atoms with van der Waals surface area (Å²) in [5, 5.41) is 13.2. The maximum atomic E-state index is 12.9. The van der Waals surface area contributed by atoms with E-state index in [4.69, 9.17) is 4.74 Å². The van der Waals surface area contributed by atoms with Gasteiger partial charge >= 0.3 is 12.1 Å². The minimum Gasteiger partial charge on any atom is -0.616 e. The number of alkyl halides is 5. The van der Waals surface area contributed by atoms with Crippen molar-refractivity contribution in [2.24, 2.45) is 0 Å². The highest BCUT2D eigenvalue weighted by atomic mass is 32.2. The third-order valence-corrected chi connectivity index (χ3v) is 9.37. The average Bonchev–Trinajstić information content (AvgIpc) is 3.05. The number of ether oxygens (including phenoxy) is 1. The number of hydrogen-bond acceptors (Lipinski definition) is 4. The Balaban J connectivity index is 1.31. The lowest BCUT2D eigenvalue weighted by Crippen LogP contribution is -2.36. The molecule has 0 spiro atoms. The lowest BCUT2D eigenvalue weighted by molar-refractivity contribution is -0.284. The summed E-state index contributed by atoms with van der Waals surface area (Å²) >= 11 is -1.36. The van der Waals surface area contributed by atoms with Crippen LogP contribution in [0.5, 0.6) is 11.5 Å². The first-order chi connectivity index (χ1) is 22.5. The van der Waals surface area contributed by atoms with Crippen molar-refractivity contribution >= 4 is 22.3 Å². The highest BCUT2D eigenvalue weighted by Crippen LogP contribution is 2.39. The molecule has 3 aromatic carbocycles. The van der Waals surface area contributed by atoms with Crippen molar-refractivity contribution in [3.05, 3.63) is 95.6 Å². The number of halogens is 5. The maximum Gasteiger partial charge on any atom is 0.453 e. The summed E-state index contributed by atoms with van der Waals surface area (Å²) in [5.74, 6) is -3.48. The maximum absolute atomic E-state index is 12.9. The summed E-state index contributed by atoms with van der Waals surface area (Å²) in [6, 6.07) is 25.7. The molecule has 3 aromatic rings. The molecule has 0 bridgehead atoms. The molecule has 0 heterocycles. The summed E-state index contributed by atoms with van der Waals surface area (Å²) < 4.78 is 80.2. The minimum atomic E-state index is -5.55. The molecule has 1 atom stereocenters. The van der Waals surface area contributed by atoms with E-state index in [9.17, 15) is 31.6 Å². The first-order valence-electron chi connectivity index (χ1n) is 16.3. The Morgan fingerprint density at radius 2 is 1.30 bits per heavy atom. The zero-order chi connectivity index (χ0) is 34.1. The van der Waals surface area contributed by atoms with Gasteiger partial charge in [0.1, 0.15) is 29.6 Å². The van der Waals surface area contributed by atoms with Crippen molar-refractivity contribution in [3.8, 4) is 11.5 Å². The van der Waals surface area contributed by atoms with Crippen LogP contribution >= 0.6 is 0 Å². The van der Waals surface area contributed by atoms with Crippen LogP contribution in [-0.4, -0.2) is 53.0 Å². The summed E-state index contributed by atoms with van der Waals surface area (Å²) in [4.78, 5) is 0. The molecular weight excluding hydrogens is 633 g/mol. The van der Waals surface area contributed by atoms with Crippen LogP contribution in [-0.2, 0) is 11.2 Å². The van der Waals surface area contributed by atoms with Crippen molar-refractivity contribution in [3.63, 3.8) is 0 Å². The number of phenolic OH excluding ortho intramolecular Hbond substituents is 1. The molecule has 1 unspecified atom stereocenters. The van der Waals surface area contributed by atoms with Gasteiger partial charge in [0, 0.05) is 13.0 Å². The summed E-state index contributed by atoms with van der Waals surface area (Å²) in [6.45, 7) is 4.27. The Morgan fingerprint density at radius 3 is 1.91 bits per heavy atom. The molecule has 47 heavy (non-hydrogen) atoms. The normalized spacial score (nSPS) is 13.3. The van der Waals surface area contributed by atoms with Crippen LogP contribution in [0.2, 0.25) is 0 Å². The van der Waals surface area contributed by atoms with Crippen LogP contribution in [0.25, 0.3) is 11.1 Å². The number of phenols is 1. The van der Waals surface area contributed by atoms with Gasteiger partial charge in [-0.15, -0.1) is 0 Å². The second-order valence-corrected chi connectivity index (χ2v) is 13.2. The van der Waals surface area contributed by atoms with Gasteiger partial charge in [-0.05, 0) is 90.8 Å². The van der Waals surface area contributed by atoms with Crippen molar-refractivity contribution < 1.29 is 36.3 Å². The topological polar surface area (TPSA) is 64.5 Å². The quantitative estimate of drug-likeness (QED) is 0.0509. The average molecular weight is 680 g/mol. The van der Waals surface area contributed by atoms with Crippen LogP contribution in [0.1, 0.15) is 81.4 Å². The van der Waals surface area contributed by atoms with E-state index in [0.717, 1.165) is 79.6 Å². The smallest absolute Gasteiger partial charge is 0.453 e. The molecule has 0 radical (unpaired) electrons. The lowest BCUT2D eigenvalue weighted by Gasteiger charge is -2.19. The number of rotatable bonds is 21. The molecule has 0 saturated carbocycles. The Bertz CT molecular complexity index is 1330. The monoisotopic (exact) mass is 679 g/mol. The Labute approximate surface area is 278 Å². The van der Waals surface area contributed by atoms with Gasteiger partial charge in [0.15, 0.2) is 0 Å². The van der Waals surface area contributed by atoms with Gasteiger partial charge in [-0.3, -0.25) is 0 Å². The highest BCUT2D eigenvalue weighted by Gasteiger charge is 2.56. The van der Waals surface area contributed by atoms with E-state index in [0.29, 0.717) is 18.8 Å². The number of benzene rings is 3.